The summed E-state index contributed by atoms with van der Waals surface area (Å²) in [5, 5.41) is 7.65. The average molecular weight is 470 g/mol. The van der Waals surface area contributed by atoms with Crippen LogP contribution in [0.2, 0.25) is 0 Å². The number of benzene rings is 3. The highest BCUT2D eigenvalue weighted by molar-refractivity contribution is 5.98. The number of rotatable bonds is 6. The number of hydrogen-bond acceptors (Lipinski definition) is 9. The molecule has 0 bridgehead atoms. The van der Waals surface area contributed by atoms with Crippen LogP contribution in [0.4, 0.5) is 22.0 Å². The van der Waals surface area contributed by atoms with Crippen LogP contribution >= 0.6 is 0 Å². The maximum atomic E-state index is 13.3. The SMILES string of the molecule is Cc1ccc(Nc2nc(N)nc(COC(=O)c3ccc4noc(-c5ccc(F)cc5)c4c3)n2)cc1. The van der Waals surface area contributed by atoms with E-state index in [2.05, 4.69) is 25.4 Å². The first-order chi connectivity index (χ1) is 16.9. The fourth-order valence-electron chi connectivity index (χ4n) is 3.42. The third kappa shape index (κ3) is 4.91. The first-order valence-electron chi connectivity index (χ1n) is 10.6. The lowest BCUT2D eigenvalue weighted by molar-refractivity contribution is 0.0462. The third-order valence-corrected chi connectivity index (χ3v) is 5.16. The second-order valence-electron chi connectivity index (χ2n) is 7.75. The molecular weight excluding hydrogens is 451 g/mol. The molecule has 0 saturated carbocycles. The van der Waals surface area contributed by atoms with Crippen LogP contribution in [0.1, 0.15) is 21.7 Å². The Kier molecular flexibility index (Phi) is 5.76. The summed E-state index contributed by atoms with van der Waals surface area (Å²) in [7, 11) is 0. The molecule has 10 heteroatoms. The molecule has 0 fully saturated rings. The van der Waals surface area contributed by atoms with E-state index >= 15 is 0 Å². The summed E-state index contributed by atoms with van der Waals surface area (Å²) in [6.45, 7) is 1.78. The van der Waals surface area contributed by atoms with Crippen molar-refractivity contribution in [3.8, 4) is 11.3 Å². The van der Waals surface area contributed by atoms with E-state index in [1.165, 1.54) is 12.1 Å². The number of aryl methyl sites for hydroxylation is 1. The van der Waals surface area contributed by atoms with E-state index in [-0.39, 0.29) is 35.7 Å². The molecule has 5 aromatic rings. The number of aromatic nitrogens is 4. The predicted octanol–water partition coefficient (Wildman–Crippen LogP) is 4.81. The van der Waals surface area contributed by atoms with Gasteiger partial charge in [-0.2, -0.15) is 15.0 Å². The van der Waals surface area contributed by atoms with Gasteiger partial charge in [-0.15, -0.1) is 0 Å². The van der Waals surface area contributed by atoms with Crippen LogP contribution in [-0.2, 0) is 11.3 Å². The van der Waals surface area contributed by atoms with Gasteiger partial charge in [-0.1, -0.05) is 22.9 Å². The van der Waals surface area contributed by atoms with Crippen LogP contribution in [0.15, 0.2) is 71.3 Å². The van der Waals surface area contributed by atoms with Crippen molar-refractivity contribution in [2.24, 2.45) is 0 Å². The largest absolute Gasteiger partial charge is 0.454 e. The first-order valence-corrected chi connectivity index (χ1v) is 10.6. The van der Waals surface area contributed by atoms with Gasteiger partial charge in [0, 0.05) is 11.3 Å². The number of fused-ring (bicyclic) bond motifs is 1. The topological polar surface area (TPSA) is 129 Å². The van der Waals surface area contributed by atoms with E-state index in [9.17, 15) is 9.18 Å². The molecule has 2 aromatic heterocycles. The Hall–Kier alpha value is -4.86. The van der Waals surface area contributed by atoms with Crippen molar-refractivity contribution in [2.45, 2.75) is 13.5 Å². The quantitative estimate of drug-likeness (QED) is 0.336. The van der Waals surface area contributed by atoms with Gasteiger partial charge in [-0.3, -0.25) is 0 Å². The third-order valence-electron chi connectivity index (χ3n) is 5.16. The molecule has 0 unspecified atom stereocenters. The molecule has 3 aromatic carbocycles. The molecule has 3 N–H and O–H groups in total. The van der Waals surface area contributed by atoms with Crippen molar-refractivity contribution in [3.63, 3.8) is 0 Å². The van der Waals surface area contributed by atoms with Crippen LogP contribution < -0.4 is 11.1 Å². The summed E-state index contributed by atoms with van der Waals surface area (Å²) >= 11 is 0. The number of ether oxygens (including phenoxy) is 1. The van der Waals surface area contributed by atoms with Crippen LogP contribution in [0.5, 0.6) is 0 Å². The van der Waals surface area contributed by atoms with E-state index in [1.807, 2.05) is 31.2 Å². The molecular formula is C25H19FN6O3. The Balaban J connectivity index is 1.32. The van der Waals surface area contributed by atoms with Crippen molar-refractivity contribution in [2.75, 3.05) is 11.1 Å². The number of carbonyl (C=O) groups excluding carboxylic acids is 1. The Morgan fingerprint density at radius 3 is 2.57 bits per heavy atom. The number of nitrogens with one attached hydrogen (secondary N) is 1. The van der Waals surface area contributed by atoms with Crippen molar-refractivity contribution in [1.82, 2.24) is 20.1 Å². The molecule has 0 spiro atoms. The maximum Gasteiger partial charge on any atom is 0.338 e. The molecule has 0 aliphatic carbocycles. The number of carbonyl (C=O) groups is 1. The van der Waals surface area contributed by atoms with Gasteiger partial charge in [0.1, 0.15) is 11.3 Å². The van der Waals surface area contributed by atoms with E-state index in [0.717, 1.165) is 11.3 Å². The molecule has 0 saturated heterocycles. The lowest BCUT2D eigenvalue weighted by Crippen LogP contribution is -2.11. The van der Waals surface area contributed by atoms with Gasteiger partial charge >= 0.3 is 5.97 Å². The number of hydrogen-bond donors (Lipinski definition) is 2. The number of nitrogen functional groups attached to an aromatic ring is 1. The van der Waals surface area contributed by atoms with Gasteiger partial charge in [-0.25, -0.2) is 9.18 Å². The number of esters is 1. The van der Waals surface area contributed by atoms with Gasteiger partial charge in [-0.05, 0) is 61.5 Å². The van der Waals surface area contributed by atoms with Gasteiger partial charge < -0.3 is 20.3 Å². The van der Waals surface area contributed by atoms with Crippen LogP contribution in [0.25, 0.3) is 22.2 Å². The highest BCUT2D eigenvalue weighted by atomic mass is 19.1. The van der Waals surface area contributed by atoms with E-state index < -0.39 is 5.97 Å². The molecule has 35 heavy (non-hydrogen) atoms. The average Bonchev–Trinajstić information content (AvgIpc) is 3.27. The van der Waals surface area contributed by atoms with Crippen molar-refractivity contribution >= 4 is 34.5 Å². The van der Waals surface area contributed by atoms with Gasteiger partial charge in [0.05, 0.1) is 10.9 Å². The highest BCUT2D eigenvalue weighted by Crippen LogP contribution is 2.29. The summed E-state index contributed by atoms with van der Waals surface area (Å²) in [6, 6.07) is 18.3. The standard InChI is InChI=1S/C25H19FN6O3/c1-14-2-9-18(10-3-14)28-25-30-21(29-24(27)31-25)13-34-23(33)16-6-11-20-19(12-16)22(35-32-20)15-4-7-17(26)8-5-15/h2-12H,13H2,1H3,(H3,27,28,29,30,31). The number of nitrogens with zero attached hydrogens (tertiary/aromatic N) is 4. The molecule has 5 rings (SSSR count). The molecule has 0 aliphatic rings. The minimum absolute atomic E-state index is 0.00417. The molecule has 2 heterocycles. The van der Waals surface area contributed by atoms with Crippen molar-refractivity contribution in [3.05, 3.63) is 89.5 Å². The van der Waals surface area contributed by atoms with E-state index in [0.29, 0.717) is 22.2 Å². The highest BCUT2D eigenvalue weighted by Gasteiger charge is 2.16. The molecule has 174 valence electrons. The zero-order chi connectivity index (χ0) is 24.4. The van der Waals surface area contributed by atoms with Crippen LogP contribution in [0, 0.1) is 12.7 Å². The first kappa shape index (κ1) is 22.0. The second kappa shape index (κ2) is 9.18. The molecule has 9 nitrogen and oxygen atoms in total. The van der Waals surface area contributed by atoms with Gasteiger partial charge in [0.15, 0.2) is 18.2 Å². The van der Waals surface area contributed by atoms with E-state index in [4.69, 9.17) is 15.0 Å². The Bertz CT molecular complexity index is 1520. The summed E-state index contributed by atoms with van der Waals surface area (Å²) in [6.07, 6.45) is 0. The number of anilines is 3. The smallest absolute Gasteiger partial charge is 0.338 e. The molecule has 0 radical (unpaired) electrons. The molecule has 0 aliphatic heterocycles. The Morgan fingerprint density at radius 1 is 1.03 bits per heavy atom. The Labute approximate surface area is 198 Å². The van der Waals surface area contributed by atoms with Crippen molar-refractivity contribution in [1.29, 1.82) is 0 Å². The van der Waals surface area contributed by atoms with E-state index in [1.54, 1.807) is 30.3 Å². The number of halogens is 1. The summed E-state index contributed by atoms with van der Waals surface area (Å²) < 4.78 is 24.1. The fourth-order valence-corrected chi connectivity index (χ4v) is 3.42. The van der Waals surface area contributed by atoms with Gasteiger partial charge in [0.25, 0.3) is 0 Å². The van der Waals surface area contributed by atoms with Crippen molar-refractivity contribution < 1.29 is 18.4 Å². The number of nitrogens with two attached hydrogens (primary N) is 1. The predicted molar refractivity (Wildman–Crippen MR) is 127 cm³/mol. The summed E-state index contributed by atoms with van der Waals surface area (Å²) in [4.78, 5) is 25.1. The summed E-state index contributed by atoms with van der Waals surface area (Å²) in [5.41, 5.74) is 9.17. The maximum absolute atomic E-state index is 13.3. The van der Waals surface area contributed by atoms with Crippen LogP contribution in [-0.4, -0.2) is 26.1 Å². The molecule has 0 atom stereocenters. The minimum Gasteiger partial charge on any atom is -0.454 e. The van der Waals surface area contributed by atoms with Gasteiger partial charge in [0.2, 0.25) is 11.9 Å². The zero-order valence-electron chi connectivity index (χ0n) is 18.5. The zero-order valence-corrected chi connectivity index (χ0v) is 18.5. The lowest BCUT2D eigenvalue weighted by atomic mass is 10.1. The Morgan fingerprint density at radius 2 is 1.80 bits per heavy atom. The fraction of sp³-hybridized carbons (Fsp3) is 0.0800. The molecule has 0 amide bonds. The second-order valence-corrected chi connectivity index (χ2v) is 7.75. The van der Waals surface area contributed by atoms with Crippen LogP contribution in [0.3, 0.4) is 0 Å². The minimum atomic E-state index is -0.592. The summed E-state index contributed by atoms with van der Waals surface area (Å²) in [5.74, 6) is -0.105. The normalized spacial score (nSPS) is 10.9. The lowest BCUT2D eigenvalue weighted by Gasteiger charge is -2.08. The monoisotopic (exact) mass is 470 g/mol.